The molecule has 1 aliphatic carbocycles. The number of anilines is 1. The van der Waals surface area contributed by atoms with E-state index in [2.05, 4.69) is 5.32 Å². The Hall–Kier alpha value is -4.70. The van der Waals surface area contributed by atoms with Crippen molar-refractivity contribution >= 4 is 27.5 Å². The van der Waals surface area contributed by atoms with Crippen LogP contribution in [0.2, 0.25) is 0 Å². The van der Waals surface area contributed by atoms with Crippen LogP contribution < -0.4 is 14.4 Å². The van der Waals surface area contributed by atoms with Gasteiger partial charge in [-0.15, -0.1) is 0 Å². The summed E-state index contributed by atoms with van der Waals surface area (Å²) in [6.07, 6.45) is 5.03. The average Bonchev–Trinajstić information content (AvgIpc) is 3.10. The van der Waals surface area contributed by atoms with Crippen LogP contribution >= 0.6 is 0 Å². The van der Waals surface area contributed by atoms with Crippen molar-refractivity contribution < 1.29 is 27.1 Å². The Morgan fingerprint density at radius 1 is 0.851 bits per heavy atom. The molecule has 1 fully saturated rings. The predicted molar refractivity (Wildman–Crippen MR) is 180 cm³/mol. The number of rotatable bonds is 13. The van der Waals surface area contributed by atoms with Crippen LogP contribution in [-0.2, 0) is 32.6 Å². The number of carbonyl (C=O) groups excluding carboxylic acids is 2. The first-order chi connectivity index (χ1) is 22.8. The van der Waals surface area contributed by atoms with Gasteiger partial charge in [0.2, 0.25) is 11.8 Å². The average molecular weight is 658 g/mol. The molecule has 4 aromatic rings. The van der Waals surface area contributed by atoms with Crippen LogP contribution in [0.4, 0.5) is 10.1 Å². The molecule has 1 N–H and O–H groups in total. The van der Waals surface area contributed by atoms with Gasteiger partial charge in [0.25, 0.3) is 10.0 Å². The summed E-state index contributed by atoms with van der Waals surface area (Å²) in [7, 11) is -2.85. The number of nitrogens with zero attached hydrogens (tertiary/aromatic N) is 2. The van der Waals surface area contributed by atoms with Crippen LogP contribution in [0.15, 0.2) is 114 Å². The third-order valence-electron chi connectivity index (χ3n) is 8.44. The SMILES string of the molecule is COc1cccc(CN(C(=O)CN(c2ccccc2F)S(=O)(=O)c2ccccc2)[C@H](Cc2ccccc2)C(=O)NC2CCCCC2)c1. The third-order valence-corrected chi connectivity index (χ3v) is 10.2. The zero-order valence-electron chi connectivity index (χ0n) is 26.4. The van der Waals surface area contributed by atoms with E-state index in [1.165, 1.54) is 35.2 Å². The van der Waals surface area contributed by atoms with Gasteiger partial charge >= 0.3 is 0 Å². The molecule has 0 radical (unpaired) electrons. The van der Waals surface area contributed by atoms with Crippen molar-refractivity contribution in [2.75, 3.05) is 18.0 Å². The molecule has 0 aromatic heterocycles. The van der Waals surface area contributed by atoms with Crippen molar-refractivity contribution in [2.24, 2.45) is 0 Å². The molecule has 2 amide bonds. The Morgan fingerprint density at radius 3 is 2.17 bits per heavy atom. The maximum absolute atomic E-state index is 15.3. The van der Waals surface area contributed by atoms with Crippen molar-refractivity contribution in [3.8, 4) is 5.75 Å². The largest absolute Gasteiger partial charge is 0.497 e. The van der Waals surface area contributed by atoms with Crippen molar-refractivity contribution in [1.29, 1.82) is 0 Å². The normalized spacial score (nSPS) is 14.2. The quantitative estimate of drug-likeness (QED) is 0.187. The van der Waals surface area contributed by atoms with Crippen molar-refractivity contribution in [3.63, 3.8) is 0 Å². The molecule has 0 spiro atoms. The van der Waals surface area contributed by atoms with Gasteiger partial charge in [-0.1, -0.05) is 92.1 Å². The van der Waals surface area contributed by atoms with Crippen LogP contribution in [0, 0.1) is 5.82 Å². The number of carbonyl (C=O) groups is 2. The molecule has 0 bridgehead atoms. The lowest BCUT2D eigenvalue weighted by Gasteiger charge is -2.35. The van der Waals surface area contributed by atoms with E-state index >= 15 is 4.39 Å². The van der Waals surface area contributed by atoms with E-state index in [4.69, 9.17) is 4.74 Å². The van der Waals surface area contributed by atoms with E-state index in [9.17, 15) is 18.0 Å². The molecular formula is C37H40FN3O5S. The molecule has 5 rings (SSSR count). The molecule has 8 nitrogen and oxygen atoms in total. The number of hydrogen-bond acceptors (Lipinski definition) is 5. The first-order valence-corrected chi connectivity index (χ1v) is 17.3. The maximum Gasteiger partial charge on any atom is 0.264 e. The van der Waals surface area contributed by atoms with Crippen LogP contribution in [0.25, 0.3) is 0 Å². The van der Waals surface area contributed by atoms with Crippen molar-refractivity contribution in [2.45, 2.75) is 62.0 Å². The number of halogens is 1. The summed E-state index contributed by atoms with van der Waals surface area (Å²) in [5.41, 5.74) is 1.25. The first-order valence-electron chi connectivity index (χ1n) is 15.9. The van der Waals surface area contributed by atoms with Gasteiger partial charge in [-0.3, -0.25) is 13.9 Å². The zero-order chi connectivity index (χ0) is 33.2. The fourth-order valence-corrected chi connectivity index (χ4v) is 7.40. The number of benzene rings is 4. The van der Waals surface area contributed by atoms with Gasteiger partial charge in [0.05, 0.1) is 17.7 Å². The summed E-state index contributed by atoms with van der Waals surface area (Å²) < 4.78 is 49.6. The summed E-state index contributed by atoms with van der Waals surface area (Å²) >= 11 is 0. The number of amides is 2. The van der Waals surface area contributed by atoms with Crippen LogP contribution in [0.5, 0.6) is 5.75 Å². The molecule has 0 heterocycles. The van der Waals surface area contributed by atoms with Gasteiger partial charge in [-0.2, -0.15) is 0 Å². The lowest BCUT2D eigenvalue weighted by Crippen LogP contribution is -2.55. The highest BCUT2D eigenvalue weighted by Gasteiger charge is 2.36. The molecule has 0 aliphatic heterocycles. The second kappa shape index (κ2) is 15.7. The molecule has 1 aliphatic rings. The Morgan fingerprint density at radius 2 is 1.49 bits per heavy atom. The van der Waals surface area contributed by atoms with Crippen molar-refractivity contribution in [3.05, 3.63) is 126 Å². The molecule has 246 valence electrons. The van der Waals surface area contributed by atoms with Gasteiger partial charge in [0.1, 0.15) is 24.2 Å². The van der Waals surface area contributed by atoms with Gasteiger partial charge < -0.3 is 15.0 Å². The van der Waals surface area contributed by atoms with Gasteiger partial charge in [0, 0.05) is 19.0 Å². The monoisotopic (exact) mass is 657 g/mol. The fourth-order valence-electron chi connectivity index (χ4n) is 5.95. The molecule has 1 atom stereocenters. The lowest BCUT2D eigenvalue weighted by atomic mass is 9.94. The van der Waals surface area contributed by atoms with E-state index in [1.807, 2.05) is 36.4 Å². The number of nitrogens with one attached hydrogen (secondary N) is 1. The minimum atomic E-state index is -4.39. The fraction of sp³-hybridized carbons (Fsp3) is 0.297. The molecule has 4 aromatic carbocycles. The molecule has 1 saturated carbocycles. The second-order valence-corrected chi connectivity index (χ2v) is 13.6. The Kier molecular flexibility index (Phi) is 11.3. The maximum atomic E-state index is 15.3. The second-order valence-electron chi connectivity index (χ2n) is 11.7. The molecule has 0 saturated heterocycles. The summed E-state index contributed by atoms with van der Waals surface area (Å²) in [6.45, 7) is -0.744. The van der Waals surface area contributed by atoms with E-state index in [0.29, 0.717) is 11.3 Å². The number of para-hydroxylation sites is 1. The van der Waals surface area contributed by atoms with Crippen LogP contribution in [0.1, 0.15) is 43.2 Å². The molecule has 0 unspecified atom stereocenters. The smallest absolute Gasteiger partial charge is 0.264 e. The summed E-state index contributed by atoms with van der Waals surface area (Å²) in [6, 6.07) is 28.6. The van der Waals surface area contributed by atoms with E-state index in [-0.39, 0.29) is 35.5 Å². The first kappa shape index (κ1) is 33.7. The van der Waals surface area contributed by atoms with Crippen LogP contribution in [-0.4, -0.2) is 50.9 Å². The number of sulfonamides is 1. The molecule has 10 heteroatoms. The Labute approximate surface area is 276 Å². The minimum absolute atomic E-state index is 0.0118. The minimum Gasteiger partial charge on any atom is -0.497 e. The topological polar surface area (TPSA) is 96.0 Å². The highest BCUT2D eigenvalue weighted by molar-refractivity contribution is 7.92. The highest BCUT2D eigenvalue weighted by Crippen LogP contribution is 2.28. The van der Waals surface area contributed by atoms with E-state index < -0.39 is 34.3 Å². The van der Waals surface area contributed by atoms with E-state index in [0.717, 1.165) is 48.0 Å². The summed E-state index contributed by atoms with van der Waals surface area (Å²) in [5.74, 6) is -1.20. The Bertz CT molecular complexity index is 1750. The van der Waals surface area contributed by atoms with Crippen LogP contribution in [0.3, 0.4) is 0 Å². The van der Waals surface area contributed by atoms with Crippen molar-refractivity contribution in [1.82, 2.24) is 10.2 Å². The number of methoxy groups -OCH3 is 1. The third kappa shape index (κ3) is 8.56. The van der Waals surface area contributed by atoms with Gasteiger partial charge in [-0.25, -0.2) is 12.8 Å². The van der Waals surface area contributed by atoms with E-state index in [1.54, 1.807) is 43.5 Å². The van der Waals surface area contributed by atoms with Gasteiger partial charge in [-0.05, 0) is 60.4 Å². The zero-order valence-corrected chi connectivity index (χ0v) is 27.2. The summed E-state index contributed by atoms with van der Waals surface area (Å²) in [4.78, 5) is 30.1. The molecular weight excluding hydrogens is 617 g/mol. The molecule has 47 heavy (non-hydrogen) atoms. The number of hydrogen-bond donors (Lipinski definition) is 1. The summed E-state index contributed by atoms with van der Waals surface area (Å²) in [5, 5.41) is 3.18. The standard InChI is InChI=1S/C37H40FN3O5S/c1-46-31-19-13-16-29(24-31)26-40(35(25-28-14-5-2-6-15-28)37(43)39-30-17-7-3-8-18-30)36(42)27-41(34-23-12-11-22-33(34)38)47(44,45)32-20-9-4-10-21-32/h2,4-6,9-16,19-24,30,35H,3,7-8,17-18,25-27H2,1H3,(H,39,43)/t35-/m1/s1. The van der Waals surface area contributed by atoms with Gasteiger partial charge in [0.15, 0.2) is 0 Å². The lowest BCUT2D eigenvalue weighted by molar-refractivity contribution is -0.140. The number of ether oxygens (including phenoxy) is 1. The highest BCUT2D eigenvalue weighted by atomic mass is 32.2. The predicted octanol–water partition coefficient (Wildman–Crippen LogP) is 6.12. The Balaban J connectivity index is 1.57.